The molecule has 1 aliphatic heterocycles. The Morgan fingerprint density at radius 1 is 1.93 bits per heavy atom. The largest absolute Gasteiger partial charge is 0.392 e. The Hall–Kier alpha value is -0.870. The molecule has 6 heteroatoms. The van der Waals surface area contributed by atoms with Gasteiger partial charge < -0.3 is 9.84 Å². The molecule has 0 spiro atoms. The van der Waals surface area contributed by atoms with Gasteiger partial charge in [0.2, 0.25) is 0 Å². The molecule has 1 rings (SSSR count). The van der Waals surface area contributed by atoms with Crippen LogP contribution in [0.4, 0.5) is 0 Å². The van der Waals surface area contributed by atoms with Crippen LogP contribution in [0.1, 0.15) is 13.8 Å². The third kappa shape index (κ3) is 2.33. The smallest absolute Gasteiger partial charge is 0.266 e. The molecule has 6 nitrogen and oxygen atoms in total. The zero-order valence-corrected chi connectivity index (χ0v) is 8.40. The molecule has 1 saturated heterocycles. The van der Waals surface area contributed by atoms with Crippen LogP contribution in [0.2, 0.25) is 0 Å². The summed E-state index contributed by atoms with van der Waals surface area (Å²) in [4.78, 5) is 1.70. The number of nitriles is 1. The third-order valence-electron chi connectivity index (χ3n) is 2.05. The second kappa shape index (κ2) is 4.11. The summed E-state index contributed by atoms with van der Waals surface area (Å²) in [6, 6.07) is 0. The van der Waals surface area contributed by atoms with Crippen LogP contribution in [0, 0.1) is 11.5 Å². The van der Waals surface area contributed by atoms with Gasteiger partial charge in [-0.05, 0) is 13.8 Å². The van der Waals surface area contributed by atoms with Gasteiger partial charge in [0, 0.05) is 13.1 Å². The molecule has 0 aliphatic carbocycles. The van der Waals surface area contributed by atoms with Crippen molar-refractivity contribution in [3.8, 4) is 6.19 Å². The minimum Gasteiger partial charge on any atom is -0.392 e. The summed E-state index contributed by atoms with van der Waals surface area (Å²) in [6.07, 6.45) is 1.19. The van der Waals surface area contributed by atoms with Crippen LogP contribution < -0.4 is 11.1 Å². The van der Waals surface area contributed by atoms with Crippen molar-refractivity contribution >= 4 is 0 Å². The highest BCUT2D eigenvalue weighted by molar-refractivity contribution is 4.88. The Kier molecular flexibility index (Phi) is 3.29. The molecule has 0 bridgehead atoms. The monoisotopic (exact) mass is 200 g/mol. The van der Waals surface area contributed by atoms with Gasteiger partial charge in [0.15, 0.2) is 6.19 Å². The van der Waals surface area contributed by atoms with Crippen molar-refractivity contribution < 1.29 is 9.84 Å². The number of aliphatic hydroxyl groups excluding tert-OH is 1. The number of aliphatic hydroxyl groups is 1. The van der Waals surface area contributed by atoms with Crippen LogP contribution in [0.25, 0.3) is 0 Å². The van der Waals surface area contributed by atoms with E-state index in [9.17, 15) is 5.11 Å². The predicted molar refractivity (Wildman–Crippen MR) is 49.5 cm³/mol. The molecular formula is C8H16N4O2. The number of rotatable bonds is 3. The van der Waals surface area contributed by atoms with E-state index in [4.69, 9.17) is 15.7 Å². The van der Waals surface area contributed by atoms with E-state index in [0.29, 0.717) is 13.1 Å². The summed E-state index contributed by atoms with van der Waals surface area (Å²) in [5.41, 5.74) is 5.81. The Bertz CT molecular complexity index is 240. The average molecular weight is 200 g/mol. The number of ether oxygens (including phenoxy) is 1. The van der Waals surface area contributed by atoms with Crippen LogP contribution in [-0.4, -0.2) is 41.3 Å². The summed E-state index contributed by atoms with van der Waals surface area (Å²) >= 11 is 0. The van der Waals surface area contributed by atoms with Gasteiger partial charge in [-0.25, -0.2) is 4.90 Å². The normalized spacial score (nSPS) is 35.2. The van der Waals surface area contributed by atoms with E-state index in [0.717, 1.165) is 0 Å². The minimum atomic E-state index is -1.27. The van der Waals surface area contributed by atoms with Crippen molar-refractivity contribution in [1.82, 2.24) is 10.2 Å². The van der Waals surface area contributed by atoms with E-state index in [-0.39, 0.29) is 6.10 Å². The third-order valence-corrected chi connectivity index (χ3v) is 2.05. The van der Waals surface area contributed by atoms with Crippen molar-refractivity contribution in [2.75, 3.05) is 13.1 Å². The Balaban J connectivity index is 2.67. The zero-order valence-electron chi connectivity index (χ0n) is 8.40. The molecule has 0 aromatic rings. The average Bonchev–Trinajstić information content (AvgIpc) is 2.26. The van der Waals surface area contributed by atoms with Crippen LogP contribution >= 0.6 is 0 Å². The fraction of sp³-hybridized carbons (Fsp3) is 0.875. The lowest BCUT2D eigenvalue weighted by Gasteiger charge is -2.31. The Labute approximate surface area is 83.2 Å². The molecule has 3 atom stereocenters. The van der Waals surface area contributed by atoms with E-state index in [1.165, 1.54) is 0 Å². The van der Waals surface area contributed by atoms with E-state index in [1.807, 2.05) is 6.92 Å². The lowest BCUT2D eigenvalue weighted by Crippen LogP contribution is -2.63. The van der Waals surface area contributed by atoms with Gasteiger partial charge >= 0.3 is 0 Å². The van der Waals surface area contributed by atoms with Gasteiger partial charge in [0.05, 0.1) is 12.2 Å². The summed E-state index contributed by atoms with van der Waals surface area (Å²) in [7, 11) is 0. The predicted octanol–water partition coefficient (Wildman–Crippen LogP) is -1.27. The molecule has 1 fully saturated rings. The standard InChI is InChI=1S/C8H16N4O2/c1-6(13)3-12-4-7(2)14-8(12,10)11-5-9/h6-7,11,13H,3-4,10H2,1-2H3. The number of β-amino-alcohol motifs (C(OH)–C–C–N with tert-alkyl or cyclic N) is 1. The minimum absolute atomic E-state index is 0.0559. The Morgan fingerprint density at radius 3 is 3.07 bits per heavy atom. The second-order valence-corrected chi connectivity index (χ2v) is 3.62. The molecular weight excluding hydrogens is 184 g/mol. The molecule has 0 saturated carbocycles. The molecule has 3 unspecified atom stereocenters. The molecule has 1 aliphatic rings. The van der Waals surface area contributed by atoms with Gasteiger partial charge in [0.1, 0.15) is 0 Å². The summed E-state index contributed by atoms with van der Waals surface area (Å²) in [6.45, 7) is 4.49. The number of hydrogen-bond donors (Lipinski definition) is 3. The molecule has 0 aromatic carbocycles. The van der Waals surface area contributed by atoms with Gasteiger partial charge in [-0.2, -0.15) is 5.26 Å². The second-order valence-electron chi connectivity index (χ2n) is 3.62. The molecule has 80 valence electrons. The first-order chi connectivity index (χ1) is 6.48. The van der Waals surface area contributed by atoms with Gasteiger partial charge in [-0.1, -0.05) is 0 Å². The maximum absolute atomic E-state index is 9.24. The van der Waals surface area contributed by atoms with Gasteiger partial charge in [-0.3, -0.25) is 11.1 Å². The first kappa shape index (κ1) is 11.2. The van der Waals surface area contributed by atoms with E-state index in [2.05, 4.69) is 5.32 Å². The van der Waals surface area contributed by atoms with Gasteiger partial charge in [-0.15, -0.1) is 0 Å². The number of nitrogens with zero attached hydrogens (tertiary/aromatic N) is 2. The summed E-state index contributed by atoms with van der Waals surface area (Å²) in [5.74, 6) is -1.27. The molecule has 1 heterocycles. The summed E-state index contributed by atoms with van der Waals surface area (Å²) in [5, 5.41) is 20.1. The quantitative estimate of drug-likeness (QED) is 0.299. The summed E-state index contributed by atoms with van der Waals surface area (Å²) < 4.78 is 5.36. The van der Waals surface area contributed by atoms with E-state index >= 15 is 0 Å². The topological polar surface area (TPSA) is 94.5 Å². The van der Waals surface area contributed by atoms with Crippen molar-refractivity contribution in [3.05, 3.63) is 0 Å². The van der Waals surface area contributed by atoms with E-state index in [1.54, 1.807) is 18.0 Å². The number of nitrogens with one attached hydrogen (secondary N) is 1. The van der Waals surface area contributed by atoms with Crippen molar-refractivity contribution in [2.45, 2.75) is 32.0 Å². The number of nitrogens with two attached hydrogens (primary N) is 1. The van der Waals surface area contributed by atoms with Gasteiger partial charge in [0.25, 0.3) is 5.97 Å². The van der Waals surface area contributed by atoms with Crippen LogP contribution in [0.5, 0.6) is 0 Å². The fourth-order valence-electron chi connectivity index (χ4n) is 1.58. The van der Waals surface area contributed by atoms with E-state index < -0.39 is 12.1 Å². The molecule has 0 amide bonds. The first-order valence-corrected chi connectivity index (χ1v) is 4.54. The zero-order chi connectivity index (χ0) is 10.8. The lowest BCUT2D eigenvalue weighted by molar-refractivity contribution is -0.118. The highest BCUT2D eigenvalue weighted by Gasteiger charge is 2.42. The lowest BCUT2D eigenvalue weighted by atomic mass is 10.3. The highest BCUT2D eigenvalue weighted by Crippen LogP contribution is 2.19. The molecule has 4 N–H and O–H groups in total. The fourth-order valence-corrected chi connectivity index (χ4v) is 1.58. The SMILES string of the molecule is CC(O)CN1CC(C)OC1(N)NC#N. The van der Waals surface area contributed by atoms with Crippen molar-refractivity contribution in [1.29, 1.82) is 5.26 Å². The van der Waals surface area contributed by atoms with Crippen LogP contribution in [-0.2, 0) is 4.74 Å². The maximum atomic E-state index is 9.24. The first-order valence-electron chi connectivity index (χ1n) is 4.54. The highest BCUT2D eigenvalue weighted by atomic mass is 16.6. The van der Waals surface area contributed by atoms with Crippen molar-refractivity contribution in [2.24, 2.45) is 5.73 Å². The molecule has 14 heavy (non-hydrogen) atoms. The van der Waals surface area contributed by atoms with Crippen LogP contribution in [0.15, 0.2) is 0 Å². The number of hydrogen-bond acceptors (Lipinski definition) is 6. The van der Waals surface area contributed by atoms with Crippen LogP contribution in [0.3, 0.4) is 0 Å². The maximum Gasteiger partial charge on any atom is 0.266 e. The van der Waals surface area contributed by atoms with Crippen molar-refractivity contribution in [3.63, 3.8) is 0 Å². The molecule has 0 radical (unpaired) electrons. The molecule has 0 aromatic heterocycles. The Morgan fingerprint density at radius 2 is 2.57 bits per heavy atom.